The van der Waals surface area contributed by atoms with E-state index in [1.807, 2.05) is 0 Å². The molecule has 0 bridgehead atoms. The topological polar surface area (TPSA) is 65.1 Å². The first-order valence-corrected chi connectivity index (χ1v) is 4.83. The lowest BCUT2D eigenvalue weighted by molar-refractivity contribution is -0.119. The van der Waals surface area contributed by atoms with Crippen LogP contribution >= 0.6 is 0 Å². The molecule has 0 saturated heterocycles. The monoisotopic (exact) mass is 237 g/mol. The number of carbonyl (C=O) groups is 2. The van der Waals surface area contributed by atoms with E-state index >= 15 is 0 Å². The predicted octanol–water partition coefficient (Wildman–Crippen LogP) is 0.794. The Morgan fingerprint density at radius 3 is 2.29 bits per heavy atom. The number of ketones is 1. The zero-order chi connectivity index (χ0) is 12.6. The summed E-state index contributed by atoms with van der Waals surface area (Å²) in [4.78, 5) is 28.3. The smallest absolute Gasteiger partial charge is 0.323 e. The number of Topliss-reactive ketones (excluding diaryl/α,β-unsaturated/α-hetero) is 1. The summed E-state index contributed by atoms with van der Waals surface area (Å²) in [7, 11) is 4.18. The van der Waals surface area contributed by atoms with Crippen LogP contribution in [0.5, 0.6) is 11.5 Å². The van der Waals surface area contributed by atoms with Crippen molar-refractivity contribution in [2.75, 3.05) is 26.4 Å². The maximum Gasteiger partial charge on any atom is 0.323 e. The summed E-state index contributed by atoms with van der Waals surface area (Å²) in [6.45, 7) is 0. The number of rotatable bonds is 3. The van der Waals surface area contributed by atoms with E-state index in [0.717, 1.165) is 5.06 Å². The highest BCUT2D eigenvalue weighted by Gasteiger charge is 2.40. The molecule has 1 heterocycles. The van der Waals surface area contributed by atoms with Crippen LogP contribution in [0.25, 0.3) is 0 Å². The fourth-order valence-corrected chi connectivity index (χ4v) is 1.80. The zero-order valence-electron chi connectivity index (χ0n) is 9.64. The summed E-state index contributed by atoms with van der Waals surface area (Å²) in [5, 5.41) is 0.930. The van der Waals surface area contributed by atoms with Crippen LogP contribution in [0.15, 0.2) is 12.1 Å². The molecule has 17 heavy (non-hydrogen) atoms. The second-order valence-corrected chi connectivity index (χ2v) is 3.31. The standard InChI is InChI=1S/C11H11NO5/c1-15-7-5-4-6-8(10(7)16-2)9(13)11(14)12(6)17-3/h4-5H,1-3H3. The molecule has 0 saturated carbocycles. The number of anilines is 1. The van der Waals surface area contributed by atoms with E-state index in [1.165, 1.54) is 21.3 Å². The molecule has 6 nitrogen and oxygen atoms in total. The molecular weight excluding hydrogens is 226 g/mol. The van der Waals surface area contributed by atoms with Gasteiger partial charge in [0, 0.05) is 0 Å². The third kappa shape index (κ3) is 1.45. The molecule has 0 fully saturated rings. The van der Waals surface area contributed by atoms with Gasteiger partial charge in [0.1, 0.15) is 5.56 Å². The Morgan fingerprint density at radius 2 is 1.76 bits per heavy atom. The Hall–Kier alpha value is -2.08. The third-order valence-electron chi connectivity index (χ3n) is 2.53. The lowest BCUT2D eigenvalue weighted by atomic mass is 10.1. The Kier molecular flexibility index (Phi) is 2.72. The molecule has 1 aliphatic heterocycles. The van der Waals surface area contributed by atoms with Gasteiger partial charge in [0.15, 0.2) is 11.5 Å². The maximum atomic E-state index is 11.8. The number of hydroxylamine groups is 1. The summed E-state index contributed by atoms with van der Waals surface area (Å²) in [5.74, 6) is -0.778. The van der Waals surface area contributed by atoms with Crippen molar-refractivity contribution in [2.45, 2.75) is 0 Å². The molecular formula is C11H11NO5. The maximum absolute atomic E-state index is 11.8. The largest absolute Gasteiger partial charge is 0.493 e. The number of carbonyl (C=O) groups excluding carboxylic acids is 2. The van der Waals surface area contributed by atoms with Gasteiger partial charge >= 0.3 is 5.91 Å². The van der Waals surface area contributed by atoms with Crippen molar-refractivity contribution < 1.29 is 23.9 Å². The van der Waals surface area contributed by atoms with Gasteiger partial charge in [0.05, 0.1) is 27.0 Å². The lowest BCUT2D eigenvalue weighted by Crippen LogP contribution is -2.28. The van der Waals surface area contributed by atoms with E-state index in [-0.39, 0.29) is 11.3 Å². The Morgan fingerprint density at radius 1 is 1.06 bits per heavy atom. The van der Waals surface area contributed by atoms with Crippen LogP contribution < -0.4 is 14.5 Å². The van der Waals surface area contributed by atoms with E-state index in [2.05, 4.69) is 0 Å². The van der Waals surface area contributed by atoms with Gasteiger partial charge in [-0.25, -0.2) is 0 Å². The number of hydrogen-bond donors (Lipinski definition) is 0. The highest BCUT2D eigenvalue weighted by Crippen LogP contribution is 2.41. The highest BCUT2D eigenvalue weighted by molar-refractivity contribution is 6.52. The molecule has 0 N–H and O–H groups in total. The SMILES string of the molecule is COc1ccc2c(c1OC)C(=O)C(=O)N2OC. The average Bonchev–Trinajstić information content (AvgIpc) is 2.60. The first kappa shape index (κ1) is 11.4. The van der Waals surface area contributed by atoms with Gasteiger partial charge in [-0.15, -0.1) is 0 Å². The van der Waals surface area contributed by atoms with E-state index in [9.17, 15) is 9.59 Å². The fourth-order valence-electron chi connectivity index (χ4n) is 1.80. The number of amides is 1. The summed E-state index contributed by atoms with van der Waals surface area (Å²) >= 11 is 0. The van der Waals surface area contributed by atoms with Gasteiger partial charge < -0.3 is 9.47 Å². The van der Waals surface area contributed by atoms with Gasteiger partial charge in [0.2, 0.25) is 0 Å². The van der Waals surface area contributed by atoms with Crippen LogP contribution in [-0.4, -0.2) is 33.0 Å². The van der Waals surface area contributed by atoms with Crippen molar-refractivity contribution in [3.8, 4) is 11.5 Å². The molecule has 0 aromatic heterocycles. The van der Waals surface area contributed by atoms with Crippen LogP contribution in [0.4, 0.5) is 5.69 Å². The number of ether oxygens (including phenoxy) is 2. The van der Waals surface area contributed by atoms with Gasteiger partial charge in [-0.2, -0.15) is 5.06 Å². The van der Waals surface area contributed by atoms with Crippen LogP contribution in [0.3, 0.4) is 0 Å². The number of hydrogen-bond acceptors (Lipinski definition) is 5. The number of benzene rings is 1. The molecule has 6 heteroatoms. The van der Waals surface area contributed by atoms with Crippen LogP contribution in [0.1, 0.15) is 10.4 Å². The van der Waals surface area contributed by atoms with Gasteiger partial charge in [-0.05, 0) is 12.1 Å². The summed E-state index contributed by atoms with van der Waals surface area (Å²) in [5.41, 5.74) is 0.527. The van der Waals surface area contributed by atoms with Crippen molar-refractivity contribution in [3.05, 3.63) is 17.7 Å². The molecule has 1 aromatic rings. The molecule has 2 rings (SSSR count). The quantitative estimate of drug-likeness (QED) is 0.727. The lowest BCUT2D eigenvalue weighted by Gasteiger charge is -2.14. The van der Waals surface area contributed by atoms with Crippen LogP contribution in [0, 0.1) is 0 Å². The second-order valence-electron chi connectivity index (χ2n) is 3.31. The Labute approximate surface area is 97.6 Å². The number of nitrogens with zero attached hydrogens (tertiary/aromatic N) is 1. The van der Waals surface area contributed by atoms with E-state index in [1.54, 1.807) is 12.1 Å². The second kappa shape index (κ2) is 4.06. The zero-order valence-corrected chi connectivity index (χ0v) is 9.64. The van der Waals surface area contributed by atoms with Crippen molar-refractivity contribution in [1.29, 1.82) is 0 Å². The first-order chi connectivity index (χ1) is 8.15. The minimum absolute atomic E-state index is 0.165. The van der Waals surface area contributed by atoms with Gasteiger partial charge in [-0.1, -0.05) is 0 Å². The van der Waals surface area contributed by atoms with E-state index in [0.29, 0.717) is 11.4 Å². The van der Waals surface area contributed by atoms with E-state index in [4.69, 9.17) is 14.3 Å². The fraction of sp³-hybridized carbons (Fsp3) is 0.273. The van der Waals surface area contributed by atoms with Crippen LogP contribution in [0.2, 0.25) is 0 Å². The highest BCUT2D eigenvalue weighted by atomic mass is 16.7. The molecule has 0 aliphatic carbocycles. The molecule has 1 amide bonds. The van der Waals surface area contributed by atoms with Crippen molar-refractivity contribution >= 4 is 17.4 Å². The minimum atomic E-state index is -0.742. The average molecular weight is 237 g/mol. The summed E-state index contributed by atoms with van der Waals surface area (Å²) in [6.07, 6.45) is 0. The molecule has 0 radical (unpaired) electrons. The normalized spacial score (nSPS) is 13.9. The summed E-state index contributed by atoms with van der Waals surface area (Å²) in [6, 6.07) is 3.18. The minimum Gasteiger partial charge on any atom is -0.493 e. The van der Waals surface area contributed by atoms with Crippen molar-refractivity contribution in [3.63, 3.8) is 0 Å². The number of methoxy groups -OCH3 is 2. The van der Waals surface area contributed by atoms with Crippen LogP contribution in [-0.2, 0) is 9.63 Å². The Balaban J connectivity index is 2.68. The molecule has 1 aliphatic rings. The molecule has 0 spiro atoms. The van der Waals surface area contributed by atoms with Gasteiger partial charge in [-0.3, -0.25) is 14.4 Å². The molecule has 0 atom stereocenters. The predicted molar refractivity (Wildman–Crippen MR) is 58.4 cm³/mol. The van der Waals surface area contributed by atoms with Crippen molar-refractivity contribution in [2.24, 2.45) is 0 Å². The van der Waals surface area contributed by atoms with Crippen molar-refractivity contribution in [1.82, 2.24) is 0 Å². The first-order valence-electron chi connectivity index (χ1n) is 4.83. The Bertz CT molecular complexity index is 497. The number of fused-ring (bicyclic) bond motifs is 1. The molecule has 1 aromatic carbocycles. The molecule has 0 unspecified atom stereocenters. The third-order valence-corrected chi connectivity index (χ3v) is 2.53. The molecule has 90 valence electrons. The van der Waals surface area contributed by atoms with E-state index < -0.39 is 11.7 Å². The summed E-state index contributed by atoms with van der Waals surface area (Å²) < 4.78 is 10.2. The van der Waals surface area contributed by atoms with Gasteiger partial charge in [0.25, 0.3) is 5.78 Å².